The van der Waals surface area contributed by atoms with E-state index in [4.69, 9.17) is 5.73 Å². The number of nitrogens with zero attached hydrogens (tertiary/aromatic N) is 1. The van der Waals surface area contributed by atoms with Crippen LogP contribution in [-0.4, -0.2) is 13.6 Å². The van der Waals surface area contributed by atoms with Crippen molar-refractivity contribution >= 4 is 5.69 Å². The lowest BCUT2D eigenvalue weighted by molar-refractivity contribution is 0.555. The lowest BCUT2D eigenvalue weighted by Crippen LogP contribution is -2.31. The third-order valence-electron chi connectivity index (χ3n) is 3.17. The number of likely N-dealkylation sites (N-methyl/N-ethyl adjacent to an activating group) is 1. The van der Waals surface area contributed by atoms with Crippen LogP contribution in [0.3, 0.4) is 0 Å². The molecule has 0 aliphatic carbocycles. The van der Waals surface area contributed by atoms with E-state index in [2.05, 4.69) is 0 Å². The van der Waals surface area contributed by atoms with Gasteiger partial charge in [0.05, 0.1) is 6.04 Å². The fraction of sp³-hybridized carbons (Fsp3) is 0.200. The second-order valence-corrected chi connectivity index (χ2v) is 4.36. The number of benzene rings is 2. The van der Waals surface area contributed by atoms with E-state index in [0.29, 0.717) is 0 Å². The van der Waals surface area contributed by atoms with Gasteiger partial charge in [0.25, 0.3) is 0 Å². The zero-order valence-corrected chi connectivity index (χ0v) is 10.7. The molecular formula is C15H16F2N2. The number of hydrogen-bond acceptors (Lipinski definition) is 2. The Morgan fingerprint density at radius 1 is 1.11 bits per heavy atom. The van der Waals surface area contributed by atoms with Crippen LogP contribution in [0.5, 0.6) is 0 Å². The molecule has 19 heavy (non-hydrogen) atoms. The molecule has 2 aromatic rings. The summed E-state index contributed by atoms with van der Waals surface area (Å²) in [7, 11) is 1.82. The van der Waals surface area contributed by atoms with Gasteiger partial charge in [-0.1, -0.05) is 18.2 Å². The van der Waals surface area contributed by atoms with Crippen LogP contribution >= 0.6 is 0 Å². The third-order valence-corrected chi connectivity index (χ3v) is 3.17. The maximum Gasteiger partial charge on any atom is 0.128 e. The van der Waals surface area contributed by atoms with Crippen molar-refractivity contribution in [1.29, 1.82) is 0 Å². The van der Waals surface area contributed by atoms with Crippen molar-refractivity contribution in [3.63, 3.8) is 0 Å². The molecule has 100 valence electrons. The molecule has 0 spiro atoms. The normalized spacial score (nSPS) is 12.2. The van der Waals surface area contributed by atoms with E-state index in [1.54, 1.807) is 0 Å². The lowest BCUT2D eigenvalue weighted by atomic mass is 10.0. The van der Waals surface area contributed by atoms with Gasteiger partial charge in [0.15, 0.2) is 0 Å². The average molecular weight is 262 g/mol. The fourth-order valence-corrected chi connectivity index (χ4v) is 2.11. The summed E-state index contributed by atoms with van der Waals surface area (Å²) < 4.78 is 27.1. The first-order valence-corrected chi connectivity index (χ1v) is 6.06. The molecule has 1 atom stereocenters. The zero-order valence-electron chi connectivity index (χ0n) is 10.7. The summed E-state index contributed by atoms with van der Waals surface area (Å²) >= 11 is 0. The Bertz CT molecular complexity index is 543. The molecule has 2 nitrogen and oxygen atoms in total. The number of nitrogens with two attached hydrogens (primary N) is 1. The molecular weight excluding hydrogens is 246 g/mol. The first-order chi connectivity index (χ1) is 9.13. The molecule has 0 saturated heterocycles. The van der Waals surface area contributed by atoms with Crippen molar-refractivity contribution < 1.29 is 8.78 Å². The summed E-state index contributed by atoms with van der Waals surface area (Å²) in [4.78, 5) is 1.85. The first kappa shape index (κ1) is 13.5. The highest BCUT2D eigenvalue weighted by molar-refractivity contribution is 5.48. The van der Waals surface area contributed by atoms with E-state index in [-0.39, 0.29) is 12.1 Å². The SMILES string of the molecule is CN(c1ccccc1)C(CN)c1cc(F)ccc1F. The molecule has 0 heterocycles. The fourth-order valence-electron chi connectivity index (χ4n) is 2.11. The summed E-state index contributed by atoms with van der Waals surface area (Å²) in [6.45, 7) is 0.200. The number of anilines is 1. The number of rotatable bonds is 4. The highest BCUT2D eigenvalue weighted by Gasteiger charge is 2.20. The van der Waals surface area contributed by atoms with Crippen molar-refractivity contribution in [2.24, 2.45) is 5.73 Å². The van der Waals surface area contributed by atoms with Crippen molar-refractivity contribution in [3.8, 4) is 0 Å². The second kappa shape index (κ2) is 5.80. The molecule has 4 heteroatoms. The average Bonchev–Trinajstić information content (AvgIpc) is 2.44. The van der Waals surface area contributed by atoms with Gasteiger partial charge in [0, 0.05) is 24.8 Å². The number of hydrogen-bond donors (Lipinski definition) is 1. The number of halogens is 2. The summed E-state index contributed by atoms with van der Waals surface area (Å²) in [6.07, 6.45) is 0. The molecule has 2 rings (SSSR count). The van der Waals surface area contributed by atoms with Gasteiger partial charge in [-0.2, -0.15) is 0 Å². The lowest BCUT2D eigenvalue weighted by Gasteiger charge is -2.29. The van der Waals surface area contributed by atoms with E-state index in [1.165, 1.54) is 6.07 Å². The van der Waals surface area contributed by atoms with Crippen molar-refractivity contribution in [2.45, 2.75) is 6.04 Å². The maximum atomic E-state index is 13.8. The van der Waals surface area contributed by atoms with Gasteiger partial charge >= 0.3 is 0 Å². The van der Waals surface area contributed by atoms with Crippen LogP contribution in [0, 0.1) is 11.6 Å². The molecule has 0 aliphatic heterocycles. The largest absolute Gasteiger partial charge is 0.366 e. The quantitative estimate of drug-likeness (QED) is 0.917. The van der Waals surface area contributed by atoms with E-state index in [1.807, 2.05) is 42.3 Å². The molecule has 0 radical (unpaired) electrons. The van der Waals surface area contributed by atoms with Crippen molar-refractivity contribution in [2.75, 3.05) is 18.5 Å². The van der Waals surface area contributed by atoms with Gasteiger partial charge < -0.3 is 10.6 Å². The van der Waals surface area contributed by atoms with Crippen molar-refractivity contribution in [3.05, 3.63) is 65.7 Å². The third kappa shape index (κ3) is 2.90. The highest BCUT2D eigenvalue weighted by atomic mass is 19.1. The van der Waals surface area contributed by atoms with Crippen LogP contribution in [0.25, 0.3) is 0 Å². The van der Waals surface area contributed by atoms with Gasteiger partial charge in [-0.3, -0.25) is 0 Å². The van der Waals surface area contributed by atoms with Crippen LogP contribution in [0.1, 0.15) is 11.6 Å². The van der Waals surface area contributed by atoms with Crippen LogP contribution < -0.4 is 10.6 Å². The van der Waals surface area contributed by atoms with E-state index in [0.717, 1.165) is 17.8 Å². The summed E-state index contributed by atoms with van der Waals surface area (Å²) in [5, 5.41) is 0. The summed E-state index contributed by atoms with van der Waals surface area (Å²) in [5.41, 5.74) is 6.91. The molecule has 1 unspecified atom stereocenters. The Labute approximate surface area is 111 Å². The maximum absolute atomic E-state index is 13.8. The molecule has 2 N–H and O–H groups in total. The van der Waals surface area contributed by atoms with E-state index in [9.17, 15) is 8.78 Å². The van der Waals surface area contributed by atoms with Gasteiger partial charge in [0.2, 0.25) is 0 Å². The van der Waals surface area contributed by atoms with Crippen LogP contribution in [-0.2, 0) is 0 Å². The number of para-hydroxylation sites is 1. The Hall–Kier alpha value is -1.94. The summed E-state index contributed by atoms with van der Waals surface area (Å²) in [5.74, 6) is -0.907. The second-order valence-electron chi connectivity index (χ2n) is 4.36. The molecule has 0 fully saturated rings. The van der Waals surface area contributed by atoms with E-state index >= 15 is 0 Å². The van der Waals surface area contributed by atoms with Crippen LogP contribution in [0.2, 0.25) is 0 Å². The summed E-state index contributed by atoms with van der Waals surface area (Å²) in [6, 6.07) is 12.5. The van der Waals surface area contributed by atoms with Gasteiger partial charge in [-0.05, 0) is 30.3 Å². The molecule has 0 amide bonds. The Morgan fingerprint density at radius 3 is 2.42 bits per heavy atom. The Morgan fingerprint density at radius 2 is 1.79 bits per heavy atom. The smallest absolute Gasteiger partial charge is 0.128 e. The monoisotopic (exact) mass is 262 g/mol. The molecule has 0 saturated carbocycles. The topological polar surface area (TPSA) is 29.3 Å². The van der Waals surface area contributed by atoms with Gasteiger partial charge in [-0.25, -0.2) is 8.78 Å². The predicted molar refractivity (Wildman–Crippen MR) is 73.0 cm³/mol. The standard InChI is InChI=1S/C15H16F2N2/c1-19(12-5-3-2-4-6-12)15(10-18)13-9-11(16)7-8-14(13)17/h2-9,15H,10,18H2,1H3. The molecule has 0 aliphatic rings. The molecule has 0 aromatic heterocycles. The zero-order chi connectivity index (χ0) is 13.8. The van der Waals surface area contributed by atoms with Crippen LogP contribution in [0.4, 0.5) is 14.5 Å². The molecule has 2 aromatic carbocycles. The van der Waals surface area contributed by atoms with Crippen molar-refractivity contribution in [1.82, 2.24) is 0 Å². The van der Waals surface area contributed by atoms with Crippen LogP contribution in [0.15, 0.2) is 48.5 Å². The Kier molecular flexibility index (Phi) is 4.12. The van der Waals surface area contributed by atoms with Gasteiger partial charge in [-0.15, -0.1) is 0 Å². The molecule has 0 bridgehead atoms. The first-order valence-electron chi connectivity index (χ1n) is 6.06. The highest BCUT2D eigenvalue weighted by Crippen LogP contribution is 2.26. The van der Waals surface area contributed by atoms with E-state index < -0.39 is 17.7 Å². The predicted octanol–water partition coefficient (Wildman–Crippen LogP) is 3.10. The Balaban J connectivity index is 2.37. The van der Waals surface area contributed by atoms with Gasteiger partial charge in [0.1, 0.15) is 11.6 Å². The minimum absolute atomic E-state index is 0.200. The minimum Gasteiger partial charge on any atom is -0.366 e. The minimum atomic E-state index is -0.462.